The van der Waals surface area contributed by atoms with E-state index in [0.29, 0.717) is 0 Å². The van der Waals surface area contributed by atoms with Gasteiger partial charge in [0.2, 0.25) is 0 Å². The summed E-state index contributed by atoms with van der Waals surface area (Å²) in [5, 5.41) is -0.320. The van der Waals surface area contributed by atoms with Crippen LogP contribution in [-0.4, -0.2) is 4.84 Å². The number of hydrogen-bond acceptors (Lipinski definition) is 0. The van der Waals surface area contributed by atoms with Gasteiger partial charge in [-0.1, -0.05) is 30.3 Å². The molecule has 0 nitrogen and oxygen atoms in total. The highest BCUT2D eigenvalue weighted by Crippen LogP contribution is 2.29. The molecule has 0 heterocycles. The van der Waals surface area contributed by atoms with Crippen molar-refractivity contribution in [2.75, 3.05) is 0 Å². The predicted molar refractivity (Wildman–Crippen MR) is 50.5 cm³/mol. The van der Waals surface area contributed by atoms with Crippen LogP contribution in [0.15, 0.2) is 30.3 Å². The molecule has 0 N–H and O–H groups in total. The second-order valence-electron chi connectivity index (χ2n) is 2.15. The van der Waals surface area contributed by atoms with Crippen molar-refractivity contribution in [1.82, 2.24) is 0 Å². The molecule has 1 aromatic rings. The first-order valence-corrected chi connectivity index (χ1v) is 4.50. The quantitative estimate of drug-likeness (QED) is 0.651. The Bertz CT molecular complexity index is 208. The van der Waals surface area contributed by atoms with E-state index in [4.69, 9.17) is 34.8 Å². The van der Waals surface area contributed by atoms with Gasteiger partial charge in [0.25, 0.3) is 0 Å². The lowest BCUT2D eigenvalue weighted by Crippen LogP contribution is -1.98. The smallest absolute Gasteiger partial charge is 0.115 e. The SMILES string of the molecule is ClC(Cl)C(Cl)c1ccccc1. The van der Waals surface area contributed by atoms with Crippen LogP contribution in [0.5, 0.6) is 0 Å². The van der Waals surface area contributed by atoms with Crippen molar-refractivity contribution in [1.29, 1.82) is 0 Å². The Balaban J connectivity index is 2.77. The number of halogens is 3. The van der Waals surface area contributed by atoms with E-state index in [1.807, 2.05) is 30.3 Å². The maximum atomic E-state index is 5.88. The molecular weight excluding hydrogens is 202 g/mol. The molecule has 3 heteroatoms. The van der Waals surface area contributed by atoms with Gasteiger partial charge in [0.1, 0.15) is 4.84 Å². The van der Waals surface area contributed by atoms with Crippen LogP contribution < -0.4 is 0 Å². The van der Waals surface area contributed by atoms with E-state index < -0.39 is 4.84 Å². The monoisotopic (exact) mass is 208 g/mol. The molecule has 0 aliphatic heterocycles. The van der Waals surface area contributed by atoms with E-state index in [1.165, 1.54) is 0 Å². The Hall–Kier alpha value is 0.0900. The molecule has 0 aliphatic rings. The molecule has 0 aliphatic carbocycles. The van der Waals surface area contributed by atoms with Gasteiger partial charge in [-0.15, -0.1) is 34.8 Å². The molecule has 0 saturated heterocycles. The van der Waals surface area contributed by atoms with Crippen LogP contribution in [0.25, 0.3) is 0 Å². The molecule has 0 radical (unpaired) electrons. The largest absolute Gasteiger partial charge is 0.128 e. The third kappa shape index (κ3) is 2.55. The zero-order chi connectivity index (χ0) is 8.27. The topological polar surface area (TPSA) is 0 Å². The first-order chi connectivity index (χ1) is 5.22. The minimum atomic E-state index is -0.556. The van der Waals surface area contributed by atoms with Gasteiger partial charge in [-0.3, -0.25) is 0 Å². The fourth-order valence-electron chi connectivity index (χ4n) is 0.782. The normalized spacial score (nSPS) is 13.5. The van der Waals surface area contributed by atoms with Crippen LogP contribution in [-0.2, 0) is 0 Å². The van der Waals surface area contributed by atoms with Crippen LogP contribution in [0, 0.1) is 0 Å². The van der Waals surface area contributed by atoms with E-state index in [2.05, 4.69) is 0 Å². The maximum Gasteiger partial charge on any atom is 0.128 e. The summed E-state index contributed by atoms with van der Waals surface area (Å²) >= 11 is 17.1. The Morgan fingerprint density at radius 1 is 0.909 bits per heavy atom. The fraction of sp³-hybridized carbons (Fsp3) is 0.250. The van der Waals surface area contributed by atoms with Crippen LogP contribution >= 0.6 is 34.8 Å². The molecule has 1 aromatic carbocycles. The van der Waals surface area contributed by atoms with Gasteiger partial charge < -0.3 is 0 Å². The van der Waals surface area contributed by atoms with E-state index in [0.717, 1.165) is 5.56 Å². The number of alkyl halides is 3. The zero-order valence-corrected chi connectivity index (χ0v) is 7.94. The van der Waals surface area contributed by atoms with Crippen molar-refractivity contribution in [3.8, 4) is 0 Å². The standard InChI is InChI=1S/C8H7Cl3/c9-7(8(10)11)6-4-2-1-3-5-6/h1-5,7-8H. The molecule has 0 fully saturated rings. The van der Waals surface area contributed by atoms with Gasteiger partial charge in [-0.2, -0.15) is 0 Å². The molecule has 0 amide bonds. The van der Waals surface area contributed by atoms with Gasteiger partial charge in [-0.25, -0.2) is 0 Å². The van der Waals surface area contributed by atoms with Crippen molar-refractivity contribution >= 4 is 34.8 Å². The molecule has 11 heavy (non-hydrogen) atoms. The van der Waals surface area contributed by atoms with Crippen molar-refractivity contribution in [3.05, 3.63) is 35.9 Å². The summed E-state index contributed by atoms with van der Waals surface area (Å²) in [5.74, 6) is 0. The van der Waals surface area contributed by atoms with Gasteiger partial charge >= 0.3 is 0 Å². The lowest BCUT2D eigenvalue weighted by Gasteiger charge is -2.09. The second-order valence-corrected chi connectivity index (χ2v) is 3.78. The predicted octanol–water partition coefficient (Wildman–Crippen LogP) is 3.77. The van der Waals surface area contributed by atoms with Crippen LogP contribution in [0.1, 0.15) is 10.9 Å². The van der Waals surface area contributed by atoms with Gasteiger partial charge in [-0.05, 0) is 5.56 Å². The Labute approximate surface area is 81.1 Å². The Morgan fingerprint density at radius 3 is 1.91 bits per heavy atom. The minimum absolute atomic E-state index is 0.320. The lowest BCUT2D eigenvalue weighted by atomic mass is 10.2. The average Bonchev–Trinajstić information content (AvgIpc) is 2.05. The highest BCUT2D eigenvalue weighted by atomic mass is 35.5. The van der Waals surface area contributed by atoms with E-state index in [9.17, 15) is 0 Å². The van der Waals surface area contributed by atoms with Crippen LogP contribution in [0.3, 0.4) is 0 Å². The van der Waals surface area contributed by atoms with Crippen molar-refractivity contribution in [2.24, 2.45) is 0 Å². The molecule has 1 atom stereocenters. The summed E-state index contributed by atoms with van der Waals surface area (Å²) in [6.45, 7) is 0. The fourth-order valence-corrected chi connectivity index (χ4v) is 1.22. The Kier molecular flexibility index (Phi) is 3.50. The third-order valence-corrected chi connectivity index (χ3v) is 2.61. The highest BCUT2D eigenvalue weighted by molar-refractivity contribution is 6.48. The van der Waals surface area contributed by atoms with Crippen LogP contribution in [0.2, 0.25) is 0 Å². The van der Waals surface area contributed by atoms with Gasteiger partial charge in [0, 0.05) is 0 Å². The molecule has 0 spiro atoms. The summed E-state index contributed by atoms with van der Waals surface area (Å²) < 4.78 is 0. The van der Waals surface area contributed by atoms with Gasteiger partial charge in [0.05, 0.1) is 5.38 Å². The van der Waals surface area contributed by atoms with Crippen molar-refractivity contribution in [3.63, 3.8) is 0 Å². The van der Waals surface area contributed by atoms with Crippen molar-refractivity contribution in [2.45, 2.75) is 10.2 Å². The second kappa shape index (κ2) is 4.20. The Morgan fingerprint density at radius 2 is 1.45 bits per heavy atom. The highest BCUT2D eigenvalue weighted by Gasteiger charge is 2.14. The zero-order valence-electron chi connectivity index (χ0n) is 5.68. The lowest BCUT2D eigenvalue weighted by molar-refractivity contribution is 1.04. The first-order valence-electron chi connectivity index (χ1n) is 3.19. The third-order valence-electron chi connectivity index (χ3n) is 1.34. The summed E-state index contributed by atoms with van der Waals surface area (Å²) in [4.78, 5) is -0.556. The summed E-state index contributed by atoms with van der Waals surface area (Å²) in [6, 6.07) is 9.52. The summed E-state index contributed by atoms with van der Waals surface area (Å²) in [7, 11) is 0. The summed E-state index contributed by atoms with van der Waals surface area (Å²) in [6.07, 6.45) is 0. The maximum absolute atomic E-state index is 5.88. The summed E-state index contributed by atoms with van der Waals surface area (Å²) in [5.41, 5.74) is 0.948. The molecule has 0 saturated carbocycles. The molecule has 1 unspecified atom stereocenters. The average molecular weight is 210 g/mol. The number of benzene rings is 1. The number of hydrogen-bond donors (Lipinski definition) is 0. The van der Waals surface area contributed by atoms with E-state index >= 15 is 0 Å². The van der Waals surface area contributed by atoms with Crippen molar-refractivity contribution < 1.29 is 0 Å². The number of rotatable bonds is 2. The molecule has 0 bridgehead atoms. The van der Waals surface area contributed by atoms with E-state index in [-0.39, 0.29) is 5.38 Å². The molecule has 0 aromatic heterocycles. The molecular formula is C8H7Cl3. The molecule has 1 rings (SSSR count). The molecule has 60 valence electrons. The minimum Gasteiger partial charge on any atom is -0.115 e. The van der Waals surface area contributed by atoms with Gasteiger partial charge in [0.15, 0.2) is 0 Å². The van der Waals surface area contributed by atoms with E-state index in [1.54, 1.807) is 0 Å². The first kappa shape index (κ1) is 9.18. The van der Waals surface area contributed by atoms with Crippen LogP contribution in [0.4, 0.5) is 0 Å².